The quantitative estimate of drug-likeness (QED) is 0.539. The molecule has 0 aliphatic heterocycles. The fourth-order valence-electron chi connectivity index (χ4n) is 2.22. The van der Waals surface area contributed by atoms with Crippen LogP contribution in [0.1, 0.15) is 18.1 Å². The molecule has 5 heteroatoms. The van der Waals surface area contributed by atoms with E-state index in [1.54, 1.807) is 39.4 Å². The summed E-state index contributed by atoms with van der Waals surface area (Å²) in [7, 11) is 3.12. The van der Waals surface area contributed by atoms with Crippen LogP contribution < -0.4 is 14.2 Å². The molecule has 0 aliphatic rings. The Bertz CT molecular complexity index is 697. The van der Waals surface area contributed by atoms with Gasteiger partial charge in [-0.1, -0.05) is 30.3 Å². The van der Waals surface area contributed by atoms with Crippen molar-refractivity contribution in [3.8, 4) is 17.2 Å². The van der Waals surface area contributed by atoms with Crippen molar-refractivity contribution in [3.63, 3.8) is 0 Å². The third-order valence-electron chi connectivity index (χ3n) is 3.41. The fourth-order valence-corrected chi connectivity index (χ4v) is 2.22. The van der Waals surface area contributed by atoms with Gasteiger partial charge in [0.05, 0.1) is 20.8 Å². The third kappa shape index (κ3) is 5.28. The normalized spacial score (nSPS) is 10.5. The first-order valence-corrected chi connectivity index (χ1v) is 7.95. The molecule has 0 aromatic heterocycles. The second-order valence-corrected chi connectivity index (χ2v) is 5.11. The summed E-state index contributed by atoms with van der Waals surface area (Å²) in [6, 6.07) is 13.4. The van der Waals surface area contributed by atoms with Crippen molar-refractivity contribution >= 4 is 12.0 Å². The Hall–Kier alpha value is -2.95. The predicted molar refractivity (Wildman–Crippen MR) is 96.0 cm³/mol. The number of ether oxygens (including phenoxy) is 4. The SMILES string of the molecule is CCOC(=O)C=Cc1cc(OC)c(OCc2ccccc2)c(OC)c1. The van der Waals surface area contributed by atoms with Gasteiger partial charge in [-0.15, -0.1) is 0 Å². The average Bonchev–Trinajstić information content (AvgIpc) is 2.65. The highest BCUT2D eigenvalue weighted by Gasteiger charge is 2.14. The highest BCUT2D eigenvalue weighted by molar-refractivity contribution is 5.87. The van der Waals surface area contributed by atoms with E-state index in [0.717, 1.165) is 11.1 Å². The minimum Gasteiger partial charge on any atom is -0.493 e. The molecule has 0 radical (unpaired) electrons. The van der Waals surface area contributed by atoms with E-state index >= 15 is 0 Å². The van der Waals surface area contributed by atoms with Crippen LogP contribution in [-0.2, 0) is 16.1 Å². The van der Waals surface area contributed by atoms with E-state index in [9.17, 15) is 4.79 Å². The molecule has 2 rings (SSSR count). The maximum atomic E-state index is 11.5. The van der Waals surface area contributed by atoms with E-state index in [4.69, 9.17) is 18.9 Å². The molecule has 0 atom stereocenters. The Morgan fingerprint density at radius 1 is 1.04 bits per heavy atom. The van der Waals surface area contributed by atoms with Crippen LogP contribution in [0, 0.1) is 0 Å². The van der Waals surface area contributed by atoms with E-state index in [1.807, 2.05) is 30.3 Å². The monoisotopic (exact) mass is 342 g/mol. The summed E-state index contributed by atoms with van der Waals surface area (Å²) in [6.07, 6.45) is 3.01. The zero-order valence-corrected chi connectivity index (χ0v) is 14.7. The second-order valence-electron chi connectivity index (χ2n) is 5.11. The number of carbonyl (C=O) groups excluding carboxylic acids is 1. The molecule has 0 saturated heterocycles. The number of carbonyl (C=O) groups is 1. The molecule has 0 saturated carbocycles. The van der Waals surface area contributed by atoms with Crippen molar-refractivity contribution in [2.24, 2.45) is 0 Å². The Balaban J connectivity index is 2.23. The Morgan fingerprint density at radius 3 is 2.24 bits per heavy atom. The lowest BCUT2D eigenvalue weighted by Crippen LogP contribution is -2.01. The number of hydrogen-bond acceptors (Lipinski definition) is 5. The summed E-state index contributed by atoms with van der Waals surface area (Å²) in [5.74, 6) is 1.17. The van der Waals surface area contributed by atoms with Gasteiger partial charge in [-0.25, -0.2) is 4.79 Å². The van der Waals surface area contributed by atoms with Crippen LogP contribution in [0.2, 0.25) is 0 Å². The van der Waals surface area contributed by atoms with Crippen LogP contribution in [-0.4, -0.2) is 26.8 Å². The molecule has 2 aromatic rings. The second kappa shape index (κ2) is 9.37. The van der Waals surface area contributed by atoms with Gasteiger partial charge in [0.1, 0.15) is 6.61 Å². The molecular weight excluding hydrogens is 320 g/mol. The van der Waals surface area contributed by atoms with Crippen LogP contribution in [0.15, 0.2) is 48.5 Å². The number of rotatable bonds is 8. The predicted octanol–water partition coefficient (Wildman–Crippen LogP) is 3.86. The summed E-state index contributed by atoms with van der Waals surface area (Å²) >= 11 is 0. The topological polar surface area (TPSA) is 54.0 Å². The molecule has 0 unspecified atom stereocenters. The molecule has 132 valence electrons. The lowest BCUT2D eigenvalue weighted by Gasteiger charge is -2.15. The molecule has 0 bridgehead atoms. The lowest BCUT2D eigenvalue weighted by atomic mass is 10.1. The van der Waals surface area contributed by atoms with Crippen LogP contribution >= 0.6 is 0 Å². The van der Waals surface area contributed by atoms with Crippen LogP contribution in [0.3, 0.4) is 0 Å². The first-order chi connectivity index (χ1) is 12.2. The van der Waals surface area contributed by atoms with Crippen molar-refractivity contribution in [2.75, 3.05) is 20.8 Å². The molecule has 0 amide bonds. The first-order valence-electron chi connectivity index (χ1n) is 7.95. The minimum atomic E-state index is -0.398. The van der Waals surface area contributed by atoms with Gasteiger partial charge in [0, 0.05) is 6.08 Å². The summed E-state index contributed by atoms with van der Waals surface area (Å²) < 4.78 is 21.6. The van der Waals surface area contributed by atoms with E-state index in [2.05, 4.69) is 0 Å². The number of hydrogen-bond donors (Lipinski definition) is 0. The largest absolute Gasteiger partial charge is 0.493 e. The molecule has 2 aromatic carbocycles. The Kier molecular flexibility index (Phi) is 6.89. The molecule has 5 nitrogen and oxygen atoms in total. The highest BCUT2D eigenvalue weighted by Crippen LogP contribution is 2.39. The van der Waals surface area contributed by atoms with E-state index in [-0.39, 0.29) is 0 Å². The standard InChI is InChI=1S/C20H22O5/c1-4-24-19(21)11-10-16-12-17(22-2)20(18(13-16)23-3)25-14-15-8-6-5-7-9-15/h5-13H,4,14H2,1-3H3. The van der Waals surface area contributed by atoms with Gasteiger partial charge in [-0.2, -0.15) is 0 Å². The summed E-state index contributed by atoms with van der Waals surface area (Å²) in [6.45, 7) is 2.49. The minimum absolute atomic E-state index is 0.335. The zero-order chi connectivity index (χ0) is 18.1. The van der Waals surface area contributed by atoms with Gasteiger partial charge in [0.15, 0.2) is 11.5 Å². The van der Waals surface area contributed by atoms with Crippen molar-refractivity contribution in [1.82, 2.24) is 0 Å². The van der Waals surface area contributed by atoms with Crippen molar-refractivity contribution in [1.29, 1.82) is 0 Å². The van der Waals surface area contributed by atoms with Gasteiger partial charge < -0.3 is 18.9 Å². The van der Waals surface area contributed by atoms with Gasteiger partial charge in [0.2, 0.25) is 5.75 Å². The molecule has 0 N–H and O–H groups in total. The Morgan fingerprint density at radius 2 is 1.68 bits per heavy atom. The van der Waals surface area contributed by atoms with Gasteiger partial charge in [-0.3, -0.25) is 0 Å². The van der Waals surface area contributed by atoms with Crippen molar-refractivity contribution < 1.29 is 23.7 Å². The van der Waals surface area contributed by atoms with E-state index in [1.165, 1.54) is 6.08 Å². The van der Waals surface area contributed by atoms with E-state index < -0.39 is 5.97 Å². The molecule has 0 heterocycles. The third-order valence-corrected chi connectivity index (χ3v) is 3.41. The maximum absolute atomic E-state index is 11.5. The van der Waals surface area contributed by atoms with Gasteiger partial charge in [0.25, 0.3) is 0 Å². The highest BCUT2D eigenvalue weighted by atomic mass is 16.5. The van der Waals surface area contributed by atoms with Crippen molar-refractivity contribution in [3.05, 3.63) is 59.7 Å². The zero-order valence-electron chi connectivity index (χ0n) is 14.7. The van der Waals surface area contributed by atoms with E-state index in [0.29, 0.717) is 30.5 Å². The number of benzene rings is 2. The first kappa shape index (κ1) is 18.4. The summed E-state index contributed by atoms with van der Waals surface area (Å²) in [4.78, 5) is 11.5. The number of methoxy groups -OCH3 is 2. The maximum Gasteiger partial charge on any atom is 0.330 e. The fraction of sp³-hybridized carbons (Fsp3) is 0.250. The number of esters is 1. The van der Waals surface area contributed by atoms with Gasteiger partial charge >= 0.3 is 5.97 Å². The molecular formula is C20H22O5. The van der Waals surface area contributed by atoms with Crippen molar-refractivity contribution in [2.45, 2.75) is 13.5 Å². The average molecular weight is 342 g/mol. The summed E-state index contributed by atoms with van der Waals surface area (Å²) in [5, 5.41) is 0. The molecule has 0 aliphatic carbocycles. The Labute approximate surface area is 147 Å². The van der Waals surface area contributed by atoms with Gasteiger partial charge in [-0.05, 0) is 36.3 Å². The smallest absolute Gasteiger partial charge is 0.330 e. The summed E-state index contributed by atoms with van der Waals surface area (Å²) in [5.41, 5.74) is 1.78. The van der Waals surface area contributed by atoms with Crippen LogP contribution in [0.4, 0.5) is 0 Å². The molecule has 25 heavy (non-hydrogen) atoms. The molecule has 0 fully saturated rings. The molecule has 0 spiro atoms. The van der Waals surface area contributed by atoms with Crippen LogP contribution in [0.25, 0.3) is 6.08 Å². The lowest BCUT2D eigenvalue weighted by molar-refractivity contribution is -0.137. The van der Waals surface area contributed by atoms with Crippen LogP contribution in [0.5, 0.6) is 17.2 Å².